The van der Waals surface area contributed by atoms with Crippen LogP contribution in [0.25, 0.3) is 0 Å². The molecule has 0 aromatic rings. The first kappa shape index (κ1) is 22.7. The summed E-state index contributed by atoms with van der Waals surface area (Å²) < 4.78 is 0. The molecule has 22 valence electrons. The first-order chi connectivity index (χ1) is 1.00. The fourth-order valence-electron chi connectivity index (χ4n) is 0. The van der Waals surface area contributed by atoms with Crippen molar-refractivity contribution >= 4 is 12.4 Å². The van der Waals surface area contributed by atoms with E-state index in [1.54, 1.807) is 0 Å². The predicted molar refractivity (Wildman–Crippen MR) is 17.2 cm³/mol. The second-order valence-electron chi connectivity index (χ2n) is 0. The normalized spacial score (nSPS) is 1.00. The molecule has 0 aliphatic heterocycles. The van der Waals surface area contributed by atoms with Crippen molar-refractivity contribution in [3.8, 4) is 0 Å². The quantitative estimate of drug-likeness (QED) is 0.338. The molecule has 0 aromatic heterocycles. The molecule has 0 spiro atoms. The molecule has 0 saturated heterocycles. The van der Waals surface area contributed by atoms with E-state index in [0.29, 0.717) is 0 Å². The van der Waals surface area contributed by atoms with E-state index in [4.69, 9.17) is 0 Å². The van der Waals surface area contributed by atoms with Gasteiger partial charge >= 0.3 is 0 Å². The van der Waals surface area contributed by atoms with Gasteiger partial charge in [-0.25, -0.2) is 0 Å². The number of hydrogen-bond donors (Lipinski definition) is 0. The fraction of sp³-hybridized carbons (Fsp3) is 0. The SMILES string of the molecule is Cl.[CH-]=C.[Zn]. The predicted octanol–water partition coefficient (Wildman–Crippen LogP) is 1.02. The third-order valence-electron chi connectivity index (χ3n) is 0. The van der Waals surface area contributed by atoms with Crippen molar-refractivity contribution in [2.75, 3.05) is 0 Å². The van der Waals surface area contributed by atoms with Gasteiger partial charge in [0.1, 0.15) is 0 Å². The fourth-order valence-corrected chi connectivity index (χ4v) is 0. The molecule has 4 heavy (non-hydrogen) atoms. The molecule has 0 atom stereocenters. The van der Waals surface area contributed by atoms with Crippen LogP contribution in [0, 0.1) is 6.58 Å². The van der Waals surface area contributed by atoms with Gasteiger partial charge in [0.05, 0.1) is 0 Å². The summed E-state index contributed by atoms with van der Waals surface area (Å²) in [5.74, 6) is 0. The van der Waals surface area contributed by atoms with Gasteiger partial charge < -0.3 is 6.58 Å². The van der Waals surface area contributed by atoms with Gasteiger partial charge in [-0.3, -0.25) is 6.58 Å². The largest absolute Gasteiger partial charge is 0.521 e. The van der Waals surface area contributed by atoms with Crippen LogP contribution in [0.15, 0.2) is 6.58 Å². The summed E-state index contributed by atoms with van der Waals surface area (Å²) >= 11 is 0. The third-order valence-corrected chi connectivity index (χ3v) is 0. The van der Waals surface area contributed by atoms with E-state index in [-0.39, 0.29) is 31.9 Å². The third kappa shape index (κ3) is 17.0. The molecule has 0 radical (unpaired) electrons. The Morgan fingerprint density at radius 2 is 1.25 bits per heavy atom. The summed E-state index contributed by atoms with van der Waals surface area (Å²) in [6.07, 6.45) is 0. The smallest absolute Gasteiger partial charge is 0 e. The van der Waals surface area contributed by atoms with E-state index >= 15 is 0 Å². The summed E-state index contributed by atoms with van der Waals surface area (Å²) in [5.41, 5.74) is 0. The van der Waals surface area contributed by atoms with E-state index in [0.717, 1.165) is 0 Å². The van der Waals surface area contributed by atoms with Crippen molar-refractivity contribution in [3.05, 3.63) is 13.2 Å². The molecule has 0 unspecified atom stereocenters. The van der Waals surface area contributed by atoms with E-state index in [1.165, 1.54) is 0 Å². The molecule has 0 rings (SSSR count). The summed E-state index contributed by atoms with van der Waals surface area (Å²) in [7, 11) is 0. The molecule has 0 aliphatic rings. The van der Waals surface area contributed by atoms with Crippen LogP contribution in [0.3, 0.4) is 0 Å². The summed E-state index contributed by atoms with van der Waals surface area (Å²) in [5, 5.41) is 0. The minimum Gasteiger partial charge on any atom is -0.521 e. The van der Waals surface area contributed by atoms with Gasteiger partial charge in [0.25, 0.3) is 0 Å². The first-order valence-corrected chi connectivity index (χ1v) is 0.408. The molecular weight excluding hydrogens is 125 g/mol. The van der Waals surface area contributed by atoms with E-state index < -0.39 is 0 Å². The number of halogens is 1. The molecule has 0 saturated carbocycles. The summed E-state index contributed by atoms with van der Waals surface area (Å²) in [6.45, 7) is 7.00. The Balaban J connectivity index is -0.00000000500. The average Bonchev–Trinajstić information content (AvgIpc) is 1.00. The second kappa shape index (κ2) is 60.3. The van der Waals surface area contributed by atoms with Gasteiger partial charge in [-0.15, -0.1) is 12.4 Å². The van der Waals surface area contributed by atoms with Gasteiger partial charge in [0.2, 0.25) is 0 Å². The zero-order valence-corrected chi connectivity index (χ0v) is 6.18. The van der Waals surface area contributed by atoms with E-state index in [9.17, 15) is 0 Å². The van der Waals surface area contributed by atoms with Gasteiger partial charge in [0, 0.05) is 19.5 Å². The maximum atomic E-state index is 4.25. The maximum absolute atomic E-state index is 4.25. The minimum atomic E-state index is 0. The standard InChI is InChI=1S/C2H3.ClH.Zn/c1-2;;/h1H,2H2;1H;/q-1;;. The van der Waals surface area contributed by atoms with E-state index in [1.807, 2.05) is 0 Å². The van der Waals surface area contributed by atoms with Crippen molar-refractivity contribution in [2.24, 2.45) is 0 Å². The zero-order chi connectivity index (χ0) is 2.00. The van der Waals surface area contributed by atoms with Crippen molar-refractivity contribution < 1.29 is 19.5 Å². The second-order valence-corrected chi connectivity index (χ2v) is 0. The molecule has 0 aromatic carbocycles. The molecule has 0 heterocycles. The van der Waals surface area contributed by atoms with Crippen LogP contribution in [0.2, 0.25) is 0 Å². The molecular formula is C2H4ClZn-. The van der Waals surface area contributed by atoms with Gasteiger partial charge in [-0.1, -0.05) is 0 Å². The van der Waals surface area contributed by atoms with Crippen molar-refractivity contribution in [1.82, 2.24) is 0 Å². The van der Waals surface area contributed by atoms with E-state index in [2.05, 4.69) is 13.2 Å². The van der Waals surface area contributed by atoms with Crippen LogP contribution in [-0.2, 0) is 19.5 Å². The van der Waals surface area contributed by atoms with Crippen molar-refractivity contribution in [3.63, 3.8) is 0 Å². The molecule has 0 nitrogen and oxygen atoms in total. The van der Waals surface area contributed by atoms with Crippen LogP contribution in [0.1, 0.15) is 0 Å². The van der Waals surface area contributed by atoms with Crippen LogP contribution in [0.4, 0.5) is 0 Å². The van der Waals surface area contributed by atoms with Crippen LogP contribution < -0.4 is 0 Å². The average molecular weight is 129 g/mol. The number of hydrogen-bond acceptors (Lipinski definition) is 0. The Morgan fingerprint density at radius 1 is 1.25 bits per heavy atom. The minimum absolute atomic E-state index is 0. The van der Waals surface area contributed by atoms with Crippen molar-refractivity contribution in [1.29, 1.82) is 0 Å². The number of rotatable bonds is 0. The summed E-state index contributed by atoms with van der Waals surface area (Å²) in [4.78, 5) is 0. The maximum Gasteiger partial charge on any atom is 0 e. The summed E-state index contributed by atoms with van der Waals surface area (Å²) in [6, 6.07) is 0. The van der Waals surface area contributed by atoms with Crippen LogP contribution in [-0.4, -0.2) is 0 Å². The molecule has 0 aliphatic carbocycles. The Labute approximate surface area is 45.5 Å². The van der Waals surface area contributed by atoms with Gasteiger partial charge in [-0.05, 0) is 0 Å². The van der Waals surface area contributed by atoms with Crippen LogP contribution >= 0.6 is 12.4 Å². The molecule has 0 fully saturated rings. The molecule has 2 heteroatoms. The Hall–Kier alpha value is 0.653. The molecule has 0 N–H and O–H groups in total. The topological polar surface area (TPSA) is 0 Å². The Kier molecular flexibility index (Phi) is 342. The molecule has 0 bridgehead atoms. The Morgan fingerprint density at radius 3 is 1.25 bits per heavy atom. The Bertz CT molecular complexity index is 6.00. The zero-order valence-electron chi connectivity index (χ0n) is 2.40. The monoisotopic (exact) mass is 127 g/mol. The molecule has 0 amide bonds. The van der Waals surface area contributed by atoms with Gasteiger partial charge in [0.15, 0.2) is 0 Å². The first-order valence-electron chi connectivity index (χ1n) is 0.408. The van der Waals surface area contributed by atoms with Gasteiger partial charge in [-0.2, -0.15) is 0 Å². The van der Waals surface area contributed by atoms with Crippen molar-refractivity contribution in [2.45, 2.75) is 0 Å². The van der Waals surface area contributed by atoms with Crippen LogP contribution in [0.5, 0.6) is 0 Å².